The summed E-state index contributed by atoms with van der Waals surface area (Å²) in [4.78, 5) is 57.8. The second-order valence-corrected chi connectivity index (χ2v) is 14.6. The van der Waals surface area contributed by atoms with Crippen LogP contribution < -0.4 is 10.6 Å². The lowest BCUT2D eigenvalue weighted by molar-refractivity contribution is -0.143. The Morgan fingerprint density at radius 3 is 2.32 bits per heavy atom. The number of methoxy groups -OCH3 is 2. The summed E-state index contributed by atoms with van der Waals surface area (Å²) in [5.74, 6) is -3.72. The van der Waals surface area contributed by atoms with Crippen LogP contribution in [0.4, 0.5) is 0 Å². The van der Waals surface area contributed by atoms with Crippen molar-refractivity contribution in [3.05, 3.63) is 52.0 Å². The van der Waals surface area contributed by atoms with Gasteiger partial charge in [-0.1, -0.05) is 30.3 Å². The smallest absolute Gasteiger partial charge is 0.270 e. The number of amides is 2. The Labute approximate surface area is 278 Å². The van der Waals surface area contributed by atoms with Gasteiger partial charge in [-0.05, 0) is 38.7 Å². The Bertz CT molecular complexity index is 1460. The third kappa shape index (κ3) is 11.5. The van der Waals surface area contributed by atoms with Crippen LogP contribution in [0, 0.1) is 12.8 Å². The topological polar surface area (TPSA) is 197 Å². The number of rotatable bonds is 19. The van der Waals surface area contributed by atoms with Crippen molar-refractivity contribution in [2.45, 2.75) is 62.5 Å². The molecule has 0 radical (unpaired) electrons. The number of hydrogen-bond acceptors (Lipinski definition) is 13. The van der Waals surface area contributed by atoms with Crippen LogP contribution in [0.1, 0.15) is 46.4 Å². The molecule has 0 unspecified atom stereocenters. The lowest BCUT2D eigenvalue weighted by Gasteiger charge is -2.30. The van der Waals surface area contributed by atoms with Gasteiger partial charge in [0.2, 0.25) is 5.91 Å². The minimum atomic E-state index is -4.11. The van der Waals surface area contributed by atoms with E-state index in [2.05, 4.69) is 15.6 Å². The molecule has 2 aromatic rings. The minimum absolute atomic E-state index is 0.0431. The maximum atomic E-state index is 13.7. The molecule has 47 heavy (non-hydrogen) atoms. The summed E-state index contributed by atoms with van der Waals surface area (Å²) in [6.07, 6.45) is 1.44. The van der Waals surface area contributed by atoms with Crippen LogP contribution in [0.3, 0.4) is 0 Å². The number of aryl methyl sites for hydroxylation is 1. The third-order valence-electron chi connectivity index (χ3n) is 7.59. The highest BCUT2D eigenvalue weighted by molar-refractivity contribution is 7.87. The van der Waals surface area contributed by atoms with E-state index in [4.69, 9.17) is 18.4 Å². The van der Waals surface area contributed by atoms with Gasteiger partial charge in [-0.15, -0.1) is 11.3 Å². The lowest BCUT2D eigenvalue weighted by atomic mass is 9.90. The quantitative estimate of drug-likeness (QED) is 0.176. The van der Waals surface area contributed by atoms with Crippen LogP contribution >= 0.6 is 11.3 Å². The summed E-state index contributed by atoms with van der Waals surface area (Å²) < 4.78 is 46.2. The predicted octanol–water partition coefficient (Wildman–Crippen LogP) is 0.991. The van der Waals surface area contributed by atoms with Gasteiger partial charge in [0, 0.05) is 33.9 Å². The van der Waals surface area contributed by atoms with E-state index >= 15 is 0 Å². The van der Waals surface area contributed by atoms with Crippen LogP contribution in [0.5, 0.6) is 0 Å². The normalized spacial score (nSPS) is 17.2. The van der Waals surface area contributed by atoms with Gasteiger partial charge in [0.15, 0.2) is 11.6 Å². The third-order valence-corrected chi connectivity index (χ3v) is 10.2. The van der Waals surface area contributed by atoms with Gasteiger partial charge in [0.1, 0.15) is 23.1 Å². The number of hydrogen-bond donors (Lipinski definition) is 3. The monoisotopic (exact) mass is 697 g/mol. The zero-order valence-electron chi connectivity index (χ0n) is 26.9. The van der Waals surface area contributed by atoms with Gasteiger partial charge in [0.25, 0.3) is 16.0 Å². The Morgan fingerprint density at radius 1 is 1.06 bits per heavy atom. The summed E-state index contributed by atoms with van der Waals surface area (Å²) in [6, 6.07) is 6.30. The molecule has 1 saturated heterocycles. The molecule has 3 N–H and O–H groups in total. The molecule has 14 nitrogen and oxygen atoms in total. The molecule has 2 heterocycles. The average Bonchev–Trinajstić information content (AvgIpc) is 3.50. The van der Waals surface area contributed by atoms with Crippen molar-refractivity contribution in [2.75, 3.05) is 47.3 Å². The van der Waals surface area contributed by atoms with E-state index in [0.29, 0.717) is 15.4 Å². The number of benzene rings is 1. The predicted molar refractivity (Wildman–Crippen MR) is 171 cm³/mol. The molecule has 0 spiro atoms. The number of aliphatic hydroxyl groups is 1. The molecule has 260 valence electrons. The first-order valence-electron chi connectivity index (χ1n) is 15.1. The molecule has 0 aliphatic carbocycles. The molecule has 16 heteroatoms. The minimum Gasteiger partial charge on any atom is -0.384 e. The van der Waals surface area contributed by atoms with Crippen LogP contribution in [0.15, 0.2) is 36.5 Å². The van der Waals surface area contributed by atoms with Gasteiger partial charge in [-0.3, -0.25) is 23.4 Å². The fraction of sp³-hybridized carbons (Fsp3) is 0.581. The van der Waals surface area contributed by atoms with Crippen molar-refractivity contribution in [3.63, 3.8) is 0 Å². The fourth-order valence-corrected chi connectivity index (χ4v) is 6.98. The number of aromatic nitrogens is 1. The first-order chi connectivity index (χ1) is 22.3. The highest BCUT2D eigenvalue weighted by Crippen LogP contribution is 2.21. The highest BCUT2D eigenvalue weighted by Gasteiger charge is 2.41. The number of nitrogens with one attached hydrogen (secondary N) is 2. The molecular weight excluding hydrogens is 654 g/mol. The van der Waals surface area contributed by atoms with Gasteiger partial charge in [-0.2, -0.15) is 8.42 Å². The van der Waals surface area contributed by atoms with Crippen molar-refractivity contribution >= 4 is 44.8 Å². The SMILES string of the molecule is COC[C@H](CC(=O)[C@H](COC)NC(=O)c1cnc(C)s1)C(=O)N[C@@H](Cc1ccccc1)C(=O)[C@](C)(O)COS(=O)(=O)C1CCOCC1. The maximum Gasteiger partial charge on any atom is 0.270 e. The number of ketones is 2. The molecule has 4 atom stereocenters. The number of nitrogens with zero attached hydrogens (tertiary/aromatic N) is 1. The van der Waals surface area contributed by atoms with Crippen LogP contribution in [0.2, 0.25) is 0 Å². The lowest BCUT2D eigenvalue weighted by Crippen LogP contribution is -2.55. The van der Waals surface area contributed by atoms with Gasteiger partial charge >= 0.3 is 0 Å². The molecule has 1 aliphatic heterocycles. The Balaban J connectivity index is 1.76. The van der Waals surface area contributed by atoms with Crippen molar-refractivity contribution in [3.8, 4) is 0 Å². The van der Waals surface area contributed by atoms with E-state index in [1.807, 2.05) is 0 Å². The molecule has 1 aromatic carbocycles. The first-order valence-corrected chi connectivity index (χ1v) is 17.4. The Hall–Kier alpha value is -3.12. The second kappa shape index (κ2) is 17.9. The molecular formula is C31H43N3O11S2. The second-order valence-electron chi connectivity index (χ2n) is 11.5. The van der Waals surface area contributed by atoms with E-state index in [1.54, 1.807) is 37.3 Å². The van der Waals surface area contributed by atoms with Crippen LogP contribution in [0.25, 0.3) is 0 Å². The van der Waals surface area contributed by atoms with Gasteiger partial charge < -0.3 is 30.0 Å². The molecule has 3 rings (SSSR count). The van der Waals surface area contributed by atoms with E-state index in [-0.39, 0.29) is 52.1 Å². The van der Waals surface area contributed by atoms with Crippen LogP contribution in [-0.4, -0.2) is 112 Å². The summed E-state index contributed by atoms with van der Waals surface area (Å²) >= 11 is 1.16. The van der Waals surface area contributed by atoms with Crippen molar-refractivity contribution in [1.29, 1.82) is 0 Å². The zero-order valence-corrected chi connectivity index (χ0v) is 28.6. The standard InChI is InChI=1S/C31H43N3O11S2/c1-20-32-16-27(46-20)30(38)34-25(18-43-4)26(35)15-22(17-42-3)29(37)33-24(14-21-8-6-5-7-9-21)28(36)31(2,39)19-45-47(40,41)23-10-12-44-13-11-23/h5-9,16,22-25,39H,10-15,17-19H2,1-4H3,(H,33,37)(H,34,38)/t22-,24-,25-,31+/m0/s1. The average molecular weight is 698 g/mol. The van der Waals surface area contributed by atoms with Crippen LogP contribution in [-0.2, 0) is 49.3 Å². The summed E-state index contributed by atoms with van der Waals surface area (Å²) in [5, 5.41) is 16.3. The molecule has 1 fully saturated rings. The van der Waals surface area contributed by atoms with Crippen molar-refractivity contribution in [1.82, 2.24) is 15.6 Å². The largest absolute Gasteiger partial charge is 0.384 e. The van der Waals surface area contributed by atoms with E-state index in [1.165, 1.54) is 20.4 Å². The zero-order chi connectivity index (χ0) is 34.6. The van der Waals surface area contributed by atoms with E-state index in [9.17, 15) is 32.7 Å². The van der Waals surface area contributed by atoms with E-state index < -0.39 is 69.0 Å². The highest BCUT2D eigenvalue weighted by atomic mass is 32.2. The molecule has 1 aromatic heterocycles. The fourth-order valence-electron chi connectivity index (χ4n) is 4.94. The van der Waals surface area contributed by atoms with Gasteiger partial charge in [-0.25, -0.2) is 4.98 Å². The number of ether oxygens (including phenoxy) is 3. The summed E-state index contributed by atoms with van der Waals surface area (Å²) in [7, 11) is -1.39. The van der Waals surface area contributed by atoms with E-state index in [0.717, 1.165) is 18.3 Å². The molecule has 0 bridgehead atoms. The Morgan fingerprint density at radius 2 is 1.72 bits per heavy atom. The number of carbonyl (C=O) groups excluding carboxylic acids is 4. The molecule has 0 saturated carbocycles. The van der Waals surface area contributed by atoms with Crippen molar-refractivity contribution in [2.24, 2.45) is 5.92 Å². The number of carbonyl (C=O) groups is 4. The van der Waals surface area contributed by atoms with Gasteiger partial charge in [0.05, 0.1) is 41.6 Å². The maximum absolute atomic E-state index is 13.7. The number of Topliss-reactive ketones (excluding diaryl/α,β-unsaturated/α-hetero) is 2. The molecule has 2 amide bonds. The van der Waals surface area contributed by atoms with Crippen molar-refractivity contribution < 1.29 is 51.1 Å². The summed E-state index contributed by atoms with van der Waals surface area (Å²) in [5.41, 5.74) is -1.65. The number of thiazole rings is 1. The Kier molecular flexibility index (Phi) is 14.6. The molecule has 1 aliphatic rings. The summed E-state index contributed by atoms with van der Waals surface area (Å²) in [6.45, 7) is 2.16. The first kappa shape index (κ1) is 38.3.